The molecule has 2 heterocycles. The molecule has 1 saturated heterocycles. The van der Waals surface area contributed by atoms with Gasteiger partial charge < -0.3 is 9.26 Å². The van der Waals surface area contributed by atoms with Gasteiger partial charge >= 0.3 is 0 Å². The Morgan fingerprint density at radius 3 is 2.81 bits per heavy atom. The summed E-state index contributed by atoms with van der Waals surface area (Å²) in [5, 5.41) is 4.10. The molecular weight excluding hydrogens is 266 g/mol. The average molecular weight is 293 g/mol. The van der Waals surface area contributed by atoms with Gasteiger partial charge in [0.15, 0.2) is 5.82 Å². The van der Waals surface area contributed by atoms with Crippen LogP contribution in [-0.2, 0) is 11.2 Å². The van der Waals surface area contributed by atoms with Crippen LogP contribution < -0.4 is 0 Å². The third kappa shape index (κ3) is 4.04. The fourth-order valence-electron chi connectivity index (χ4n) is 3.48. The standard InChI is InChI=1S/C16H27N3O2/c1-19-10-5-4-8-14(19)16-17-15(18-21-16)9-11-20-12-13-6-2-3-7-13/h13-14H,2-12H2,1H3. The lowest BCUT2D eigenvalue weighted by atomic mass is 10.0. The van der Waals surface area contributed by atoms with E-state index in [0.29, 0.717) is 12.6 Å². The fourth-order valence-corrected chi connectivity index (χ4v) is 3.48. The van der Waals surface area contributed by atoms with Gasteiger partial charge in [0, 0.05) is 13.0 Å². The third-order valence-corrected chi connectivity index (χ3v) is 4.84. The van der Waals surface area contributed by atoms with Crippen molar-refractivity contribution in [3.05, 3.63) is 11.7 Å². The zero-order valence-electron chi connectivity index (χ0n) is 13.1. The molecule has 1 aliphatic carbocycles. The van der Waals surface area contributed by atoms with E-state index in [0.717, 1.165) is 43.6 Å². The molecule has 5 heteroatoms. The van der Waals surface area contributed by atoms with Crippen LogP contribution in [0, 0.1) is 5.92 Å². The van der Waals surface area contributed by atoms with Gasteiger partial charge in [-0.05, 0) is 45.2 Å². The zero-order valence-corrected chi connectivity index (χ0v) is 13.1. The summed E-state index contributed by atoms with van der Waals surface area (Å²) in [4.78, 5) is 6.87. The molecule has 1 atom stereocenters. The van der Waals surface area contributed by atoms with Crippen LogP contribution in [0.2, 0.25) is 0 Å². The van der Waals surface area contributed by atoms with Gasteiger partial charge in [0.05, 0.1) is 12.6 Å². The highest BCUT2D eigenvalue weighted by molar-refractivity contribution is 4.95. The van der Waals surface area contributed by atoms with Crippen molar-refractivity contribution in [3.8, 4) is 0 Å². The summed E-state index contributed by atoms with van der Waals surface area (Å²) in [6, 6.07) is 0.305. The van der Waals surface area contributed by atoms with E-state index in [1.54, 1.807) is 0 Å². The Bertz CT molecular complexity index is 429. The molecule has 2 fully saturated rings. The van der Waals surface area contributed by atoms with Crippen molar-refractivity contribution in [2.45, 2.75) is 57.4 Å². The van der Waals surface area contributed by atoms with Gasteiger partial charge in [-0.15, -0.1) is 0 Å². The van der Waals surface area contributed by atoms with Gasteiger partial charge in [-0.3, -0.25) is 4.90 Å². The molecule has 1 aromatic heterocycles. The molecule has 0 N–H and O–H groups in total. The van der Waals surface area contributed by atoms with Crippen LogP contribution in [0.4, 0.5) is 0 Å². The van der Waals surface area contributed by atoms with E-state index in [-0.39, 0.29) is 0 Å². The van der Waals surface area contributed by atoms with Crippen molar-refractivity contribution in [1.29, 1.82) is 0 Å². The van der Waals surface area contributed by atoms with Crippen LogP contribution in [-0.4, -0.2) is 41.8 Å². The lowest BCUT2D eigenvalue weighted by Gasteiger charge is -2.29. The normalized spacial score (nSPS) is 24.7. The fraction of sp³-hybridized carbons (Fsp3) is 0.875. The SMILES string of the molecule is CN1CCCCC1c1nc(CCOCC2CCCC2)no1. The molecule has 0 bridgehead atoms. The first-order chi connectivity index (χ1) is 10.3. The highest BCUT2D eigenvalue weighted by atomic mass is 16.5. The van der Waals surface area contributed by atoms with Crippen LogP contribution in [0.15, 0.2) is 4.52 Å². The molecule has 21 heavy (non-hydrogen) atoms. The molecule has 1 saturated carbocycles. The van der Waals surface area contributed by atoms with E-state index in [2.05, 4.69) is 22.1 Å². The number of hydrogen-bond acceptors (Lipinski definition) is 5. The Kier molecular flexibility index (Phi) is 5.25. The van der Waals surface area contributed by atoms with Crippen LogP contribution in [0.5, 0.6) is 0 Å². The minimum Gasteiger partial charge on any atom is -0.381 e. The maximum absolute atomic E-state index is 5.77. The third-order valence-electron chi connectivity index (χ3n) is 4.84. The van der Waals surface area contributed by atoms with Gasteiger partial charge in [0.1, 0.15) is 0 Å². The van der Waals surface area contributed by atoms with Crippen molar-refractivity contribution in [1.82, 2.24) is 15.0 Å². The maximum atomic E-state index is 5.77. The quantitative estimate of drug-likeness (QED) is 0.755. The Labute approximate surface area is 127 Å². The number of ether oxygens (including phenoxy) is 1. The molecular formula is C16H27N3O2. The van der Waals surface area contributed by atoms with Crippen molar-refractivity contribution < 1.29 is 9.26 Å². The molecule has 1 aliphatic heterocycles. The lowest BCUT2D eigenvalue weighted by Crippen LogP contribution is -2.29. The monoisotopic (exact) mass is 293 g/mol. The van der Waals surface area contributed by atoms with Gasteiger partial charge in [-0.2, -0.15) is 4.98 Å². The van der Waals surface area contributed by atoms with E-state index in [9.17, 15) is 0 Å². The topological polar surface area (TPSA) is 51.4 Å². The lowest BCUT2D eigenvalue weighted by molar-refractivity contribution is 0.102. The number of piperidine rings is 1. The first-order valence-corrected chi connectivity index (χ1v) is 8.43. The average Bonchev–Trinajstić information content (AvgIpc) is 3.16. The highest BCUT2D eigenvalue weighted by Gasteiger charge is 2.25. The van der Waals surface area contributed by atoms with Gasteiger partial charge in [0.25, 0.3) is 0 Å². The predicted molar refractivity (Wildman–Crippen MR) is 80.0 cm³/mol. The molecule has 0 amide bonds. The van der Waals surface area contributed by atoms with E-state index < -0.39 is 0 Å². The van der Waals surface area contributed by atoms with Crippen molar-refractivity contribution in [2.24, 2.45) is 5.92 Å². The second-order valence-corrected chi connectivity index (χ2v) is 6.52. The second kappa shape index (κ2) is 7.36. The summed E-state index contributed by atoms with van der Waals surface area (Å²) in [6.45, 7) is 2.72. The van der Waals surface area contributed by atoms with Crippen LogP contribution in [0.3, 0.4) is 0 Å². The first kappa shape index (κ1) is 15.0. The second-order valence-electron chi connectivity index (χ2n) is 6.52. The summed E-state index contributed by atoms with van der Waals surface area (Å²) < 4.78 is 11.2. The maximum Gasteiger partial charge on any atom is 0.243 e. The number of hydrogen-bond donors (Lipinski definition) is 0. The minimum atomic E-state index is 0.305. The van der Waals surface area contributed by atoms with Crippen LogP contribution in [0.1, 0.15) is 62.7 Å². The van der Waals surface area contributed by atoms with Gasteiger partial charge in [0.2, 0.25) is 5.89 Å². The Morgan fingerprint density at radius 2 is 2.00 bits per heavy atom. The molecule has 0 radical (unpaired) electrons. The molecule has 118 valence electrons. The van der Waals surface area contributed by atoms with Crippen molar-refractivity contribution in [2.75, 3.05) is 26.8 Å². The van der Waals surface area contributed by atoms with E-state index >= 15 is 0 Å². The molecule has 3 rings (SSSR count). The molecule has 5 nitrogen and oxygen atoms in total. The minimum absolute atomic E-state index is 0.305. The number of nitrogens with zero attached hydrogens (tertiary/aromatic N) is 3. The smallest absolute Gasteiger partial charge is 0.243 e. The summed E-state index contributed by atoms with van der Waals surface area (Å²) in [5.74, 6) is 2.35. The molecule has 0 aromatic carbocycles. The molecule has 1 unspecified atom stereocenters. The summed E-state index contributed by atoms with van der Waals surface area (Å²) in [7, 11) is 2.14. The van der Waals surface area contributed by atoms with Gasteiger partial charge in [-0.1, -0.05) is 24.4 Å². The molecule has 1 aromatic rings. The summed E-state index contributed by atoms with van der Waals surface area (Å²) in [6.07, 6.45) is 9.80. The van der Waals surface area contributed by atoms with Crippen molar-refractivity contribution >= 4 is 0 Å². The van der Waals surface area contributed by atoms with Crippen LogP contribution in [0.25, 0.3) is 0 Å². The number of aromatic nitrogens is 2. The highest BCUT2D eigenvalue weighted by Crippen LogP contribution is 2.28. The van der Waals surface area contributed by atoms with E-state index in [1.165, 1.54) is 38.5 Å². The number of rotatable bonds is 6. The first-order valence-electron chi connectivity index (χ1n) is 8.43. The summed E-state index contributed by atoms with van der Waals surface area (Å²) >= 11 is 0. The number of likely N-dealkylation sites (tertiary alicyclic amines) is 1. The van der Waals surface area contributed by atoms with E-state index in [4.69, 9.17) is 9.26 Å². The Hall–Kier alpha value is -0.940. The van der Waals surface area contributed by atoms with Crippen LogP contribution >= 0.6 is 0 Å². The predicted octanol–water partition coefficient (Wildman–Crippen LogP) is 2.98. The van der Waals surface area contributed by atoms with Crippen molar-refractivity contribution in [3.63, 3.8) is 0 Å². The molecule has 0 spiro atoms. The summed E-state index contributed by atoms with van der Waals surface area (Å²) in [5.41, 5.74) is 0. The largest absolute Gasteiger partial charge is 0.381 e. The van der Waals surface area contributed by atoms with Gasteiger partial charge in [-0.25, -0.2) is 0 Å². The molecule has 2 aliphatic rings. The zero-order chi connectivity index (χ0) is 14.5. The van der Waals surface area contributed by atoms with E-state index in [1.807, 2.05) is 0 Å². The Morgan fingerprint density at radius 1 is 1.19 bits per heavy atom. The Balaban J connectivity index is 1.42.